The van der Waals surface area contributed by atoms with Crippen LogP contribution in [0.1, 0.15) is 46.5 Å². The molecule has 1 N–H and O–H groups in total. The number of hydrogen-bond acceptors (Lipinski definition) is 1. The van der Waals surface area contributed by atoms with Gasteiger partial charge in [0, 0.05) is 11.6 Å². The molecule has 0 aromatic heterocycles. The number of alkyl halides is 1. The highest BCUT2D eigenvalue weighted by Gasteiger charge is 2.24. The Labute approximate surface area is 81.1 Å². The second-order valence-electron chi connectivity index (χ2n) is 5.12. The highest BCUT2D eigenvalue weighted by Crippen LogP contribution is 2.24. The molecular weight excluding hydrogens is 165 g/mol. The van der Waals surface area contributed by atoms with Crippen molar-refractivity contribution in [3.05, 3.63) is 0 Å². The first-order valence-electron chi connectivity index (χ1n) is 5.37. The molecule has 0 radical (unpaired) electrons. The molecule has 1 saturated carbocycles. The van der Waals surface area contributed by atoms with Gasteiger partial charge in [0.05, 0.1) is 0 Å². The van der Waals surface area contributed by atoms with Crippen LogP contribution in [0.4, 0.5) is 4.39 Å². The zero-order valence-corrected chi connectivity index (χ0v) is 9.07. The summed E-state index contributed by atoms with van der Waals surface area (Å²) in [4.78, 5) is 0. The van der Waals surface area contributed by atoms with E-state index in [1.54, 1.807) is 0 Å². The van der Waals surface area contributed by atoms with Crippen LogP contribution in [0.15, 0.2) is 0 Å². The third-order valence-corrected chi connectivity index (χ3v) is 2.94. The van der Waals surface area contributed by atoms with E-state index >= 15 is 0 Å². The molecule has 0 saturated heterocycles. The van der Waals surface area contributed by atoms with Crippen molar-refractivity contribution in [3.8, 4) is 0 Å². The standard InChI is InChI=1S/C11H22FN/c1-9-4-6-10(7-5-9)13-11(2,3)8-12/h9-10,13H,4-8H2,1-3H3. The smallest absolute Gasteiger partial charge is 0.107 e. The van der Waals surface area contributed by atoms with E-state index in [1.165, 1.54) is 25.7 Å². The Balaban J connectivity index is 2.30. The molecular formula is C11H22FN. The monoisotopic (exact) mass is 187 g/mol. The summed E-state index contributed by atoms with van der Waals surface area (Å²) in [5, 5.41) is 3.39. The third-order valence-electron chi connectivity index (χ3n) is 2.94. The van der Waals surface area contributed by atoms with Crippen LogP contribution in [-0.4, -0.2) is 18.3 Å². The van der Waals surface area contributed by atoms with Crippen LogP contribution >= 0.6 is 0 Å². The fraction of sp³-hybridized carbons (Fsp3) is 1.00. The Morgan fingerprint density at radius 3 is 2.23 bits per heavy atom. The molecule has 1 aliphatic carbocycles. The van der Waals surface area contributed by atoms with Crippen LogP contribution < -0.4 is 5.32 Å². The Morgan fingerprint density at radius 1 is 1.23 bits per heavy atom. The number of rotatable bonds is 3. The van der Waals surface area contributed by atoms with Crippen LogP contribution in [0.2, 0.25) is 0 Å². The minimum absolute atomic E-state index is 0.279. The molecule has 1 fully saturated rings. The topological polar surface area (TPSA) is 12.0 Å². The lowest BCUT2D eigenvalue weighted by Crippen LogP contribution is -2.48. The van der Waals surface area contributed by atoms with E-state index in [9.17, 15) is 4.39 Å². The summed E-state index contributed by atoms with van der Waals surface area (Å²) in [6.07, 6.45) is 5.01. The summed E-state index contributed by atoms with van der Waals surface area (Å²) in [7, 11) is 0. The van der Waals surface area contributed by atoms with Gasteiger partial charge in [-0.1, -0.05) is 6.92 Å². The average Bonchev–Trinajstić information content (AvgIpc) is 2.09. The zero-order valence-electron chi connectivity index (χ0n) is 9.07. The van der Waals surface area contributed by atoms with Crippen molar-refractivity contribution >= 4 is 0 Å². The normalized spacial score (nSPS) is 30.5. The van der Waals surface area contributed by atoms with Gasteiger partial charge in [0.1, 0.15) is 6.67 Å². The van der Waals surface area contributed by atoms with Gasteiger partial charge in [-0.3, -0.25) is 0 Å². The van der Waals surface area contributed by atoms with Crippen LogP contribution in [-0.2, 0) is 0 Å². The molecule has 0 unspecified atom stereocenters. The Hall–Kier alpha value is -0.110. The summed E-state index contributed by atoms with van der Waals surface area (Å²) in [5.41, 5.74) is -0.328. The molecule has 0 amide bonds. The van der Waals surface area contributed by atoms with Gasteiger partial charge in [0.2, 0.25) is 0 Å². The SMILES string of the molecule is CC1CCC(NC(C)(C)CF)CC1. The van der Waals surface area contributed by atoms with E-state index in [-0.39, 0.29) is 12.2 Å². The van der Waals surface area contributed by atoms with Crippen molar-refractivity contribution in [1.29, 1.82) is 0 Å². The van der Waals surface area contributed by atoms with E-state index in [0.29, 0.717) is 6.04 Å². The first-order valence-corrected chi connectivity index (χ1v) is 5.37. The fourth-order valence-corrected chi connectivity index (χ4v) is 2.00. The van der Waals surface area contributed by atoms with Crippen molar-refractivity contribution < 1.29 is 4.39 Å². The first-order chi connectivity index (χ1) is 6.03. The van der Waals surface area contributed by atoms with Gasteiger partial charge < -0.3 is 5.32 Å². The van der Waals surface area contributed by atoms with E-state index in [2.05, 4.69) is 12.2 Å². The van der Waals surface area contributed by atoms with Gasteiger partial charge in [0.15, 0.2) is 0 Å². The quantitative estimate of drug-likeness (QED) is 0.716. The van der Waals surface area contributed by atoms with Crippen molar-refractivity contribution in [1.82, 2.24) is 5.32 Å². The van der Waals surface area contributed by atoms with Crippen LogP contribution in [0.25, 0.3) is 0 Å². The minimum Gasteiger partial charge on any atom is -0.307 e. The van der Waals surface area contributed by atoms with Gasteiger partial charge >= 0.3 is 0 Å². The maximum Gasteiger partial charge on any atom is 0.107 e. The highest BCUT2D eigenvalue weighted by atomic mass is 19.1. The van der Waals surface area contributed by atoms with Gasteiger partial charge in [-0.25, -0.2) is 4.39 Å². The molecule has 0 spiro atoms. The third kappa shape index (κ3) is 3.63. The van der Waals surface area contributed by atoms with E-state index in [1.807, 2.05) is 13.8 Å². The fourth-order valence-electron chi connectivity index (χ4n) is 2.00. The average molecular weight is 187 g/mol. The predicted octanol–water partition coefficient (Wildman–Crippen LogP) is 2.90. The van der Waals surface area contributed by atoms with E-state index in [4.69, 9.17) is 0 Å². The molecule has 1 rings (SSSR count). The van der Waals surface area contributed by atoms with Crippen molar-refractivity contribution in [2.75, 3.05) is 6.67 Å². The summed E-state index contributed by atoms with van der Waals surface area (Å²) in [6, 6.07) is 0.543. The van der Waals surface area contributed by atoms with Crippen LogP contribution in [0.3, 0.4) is 0 Å². The molecule has 0 bridgehead atoms. The number of halogens is 1. The van der Waals surface area contributed by atoms with Gasteiger partial charge in [-0.15, -0.1) is 0 Å². The molecule has 0 aliphatic heterocycles. The van der Waals surface area contributed by atoms with Crippen molar-refractivity contribution in [3.63, 3.8) is 0 Å². The van der Waals surface area contributed by atoms with Crippen molar-refractivity contribution in [2.24, 2.45) is 5.92 Å². The molecule has 0 aromatic rings. The summed E-state index contributed by atoms with van der Waals surface area (Å²) in [6.45, 7) is 5.89. The largest absolute Gasteiger partial charge is 0.307 e. The van der Waals surface area contributed by atoms with E-state index < -0.39 is 0 Å². The van der Waals surface area contributed by atoms with Crippen LogP contribution in [0.5, 0.6) is 0 Å². The number of hydrogen-bond donors (Lipinski definition) is 1. The second-order valence-corrected chi connectivity index (χ2v) is 5.12. The first kappa shape index (κ1) is 11.0. The molecule has 13 heavy (non-hydrogen) atoms. The summed E-state index contributed by atoms with van der Waals surface area (Å²) < 4.78 is 12.5. The Bertz CT molecular complexity index is 148. The van der Waals surface area contributed by atoms with Gasteiger partial charge in [-0.2, -0.15) is 0 Å². The zero-order chi connectivity index (χ0) is 9.90. The lowest BCUT2D eigenvalue weighted by atomic mass is 9.86. The lowest BCUT2D eigenvalue weighted by molar-refractivity contribution is 0.215. The Kier molecular flexibility index (Phi) is 3.72. The molecule has 78 valence electrons. The maximum atomic E-state index is 12.5. The molecule has 1 aliphatic rings. The Morgan fingerprint density at radius 2 is 1.77 bits per heavy atom. The lowest BCUT2D eigenvalue weighted by Gasteiger charge is -2.33. The van der Waals surface area contributed by atoms with E-state index in [0.717, 1.165) is 5.92 Å². The second kappa shape index (κ2) is 4.41. The number of nitrogens with one attached hydrogen (secondary N) is 1. The van der Waals surface area contributed by atoms with Crippen LogP contribution in [0, 0.1) is 5.92 Å². The maximum absolute atomic E-state index is 12.5. The minimum atomic E-state index is -0.328. The molecule has 0 heterocycles. The van der Waals surface area contributed by atoms with Gasteiger partial charge in [-0.05, 0) is 45.4 Å². The highest BCUT2D eigenvalue weighted by molar-refractivity contribution is 4.84. The van der Waals surface area contributed by atoms with Gasteiger partial charge in [0.25, 0.3) is 0 Å². The summed E-state index contributed by atoms with van der Waals surface area (Å²) in [5.74, 6) is 0.867. The molecule has 0 aromatic carbocycles. The molecule has 0 atom stereocenters. The predicted molar refractivity (Wildman–Crippen MR) is 54.6 cm³/mol. The van der Waals surface area contributed by atoms with Crippen molar-refractivity contribution in [2.45, 2.75) is 58.0 Å². The summed E-state index contributed by atoms with van der Waals surface area (Å²) >= 11 is 0. The molecule has 2 heteroatoms. The molecule has 1 nitrogen and oxygen atoms in total.